The van der Waals surface area contributed by atoms with E-state index in [0.29, 0.717) is 0 Å². The van der Waals surface area contributed by atoms with Crippen LogP contribution in [0.25, 0.3) is 0 Å². The van der Waals surface area contributed by atoms with E-state index in [0.717, 1.165) is 26.1 Å². The van der Waals surface area contributed by atoms with Gasteiger partial charge in [-0.3, -0.25) is 0 Å². The van der Waals surface area contributed by atoms with E-state index in [1.165, 1.54) is 0 Å². The van der Waals surface area contributed by atoms with Gasteiger partial charge in [-0.15, -0.1) is 0 Å². The molecule has 0 unspecified atom stereocenters. The van der Waals surface area contributed by atoms with Crippen molar-refractivity contribution in [1.82, 2.24) is 0 Å². The standard InChI is InChI=1S/C11H26O2Si2/c1-7-9-12-11(3,13-10-8-2)15(6)14(4)5/h7-10H2,1-6H3. The topological polar surface area (TPSA) is 18.5 Å². The molecule has 0 aromatic rings. The van der Waals surface area contributed by atoms with Gasteiger partial charge in [0.25, 0.3) is 0 Å². The zero-order valence-electron chi connectivity index (χ0n) is 11.1. The normalized spacial score (nSPS) is 11.6. The lowest BCUT2D eigenvalue weighted by Crippen LogP contribution is -2.45. The fourth-order valence-corrected chi connectivity index (χ4v) is 6.01. The first-order valence-electron chi connectivity index (χ1n) is 5.90. The average molecular weight is 246 g/mol. The first-order chi connectivity index (χ1) is 6.98. The molecule has 90 valence electrons. The lowest BCUT2D eigenvalue weighted by Gasteiger charge is -2.32. The lowest BCUT2D eigenvalue weighted by atomic mass is 10.5. The summed E-state index contributed by atoms with van der Waals surface area (Å²) in [7, 11) is -0.808. The van der Waals surface area contributed by atoms with Crippen LogP contribution in [0.1, 0.15) is 33.6 Å². The van der Waals surface area contributed by atoms with Gasteiger partial charge >= 0.3 is 0 Å². The van der Waals surface area contributed by atoms with Crippen LogP contribution in [-0.2, 0) is 9.47 Å². The van der Waals surface area contributed by atoms with Crippen LogP contribution in [0.2, 0.25) is 19.6 Å². The van der Waals surface area contributed by atoms with E-state index in [9.17, 15) is 0 Å². The molecule has 0 aliphatic rings. The number of hydrogen-bond acceptors (Lipinski definition) is 2. The summed E-state index contributed by atoms with van der Waals surface area (Å²) in [5, 5.41) is 0. The summed E-state index contributed by atoms with van der Waals surface area (Å²) in [5.41, 5.74) is -0.269. The van der Waals surface area contributed by atoms with E-state index in [2.05, 4.69) is 40.4 Å². The van der Waals surface area contributed by atoms with E-state index in [1.54, 1.807) is 0 Å². The van der Waals surface area contributed by atoms with Gasteiger partial charge in [-0.05, 0) is 27.7 Å². The van der Waals surface area contributed by atoms with E-state index in [-0.39, 0.29) is 13.3 Å². The van der Waals surface area contributed by atoms with Gasteiger partial charge < -0.3 is 9.47 Å². The maximum atomic E-state index is 5.95. The molecular weight excluding hydrogens is 220 g/mol. The molecule has 0 aliphatic carbocycles. The summed E-state index contributed by atoms with van der Waals surface area (Å²) in [5.74, 6) is 0. The smallest absolute Gasteiger partial charge is 0.159 e. The number of hydrogen-bond donors (Lipinski definition) is 0. The summed E-state index contributed by atoms with van der Waals surface area (Å²) in [6.07, 6.45) is 2.13. The van der Waals surface area contributed by atoms with E-state index < -0.39 is 7.89 Å². The molecule has 0 rings (SSSR count). The molecule has 0 aromatic carbocycles. The maximum Gasteiger partial charge on any atom is 0.159 e. The van der Waals surface area contributed by atoms with Crippen molar-refractivity contribution in [2.45, 2.75) is 58.7 Å². The monoisotopic (exact) mass is 246 g/mol. The summed E-state index contributed by atoms with van der Waals surface area (Å²) < 4.78 is 11.9. The van der Waals surface area contributed by atoms with Gasteiger partial charge in [-0.2, -0.15) is 0 Å². The zero-order chi connectivity index (χ0) is 11.9. The second-order valence-corrected chi connectivity index (χ2v) is 13.7. The third-order valence-corrected chi connectivity index (χ3v) is 11.6. The van der Waals surface area contributed by atoms with Gasteiger partial charge in [-0.1, -0.05) is 33.5 Å². The first-order valence-corrected chi connectivity index (χ1v) is 11.4. The fraction of sp³-hybridized carbons (Fsp3) is 1.00. The average Bonchev–Trinajstić information content (AvgIpc) is 2.22. The second-order valence-electron chi connectivity index (χ2n) is 4.27. The van der Waals surface area contributed by atoms with Crippen LogP contribution in [0.15, 0.2) is 0 Å². The molecule has 0 saturated carbocycles. The van der Waals surface area contributed by atoms with Crippen molar-refractivity contribution >= 4 is 15.8 Å². The number of rotatable bonds is 7. The minimum absolute atomic E-state index is 0.269. The van der Waals surface area contributed by atoms with Gasteiger partial charge in [0.2, 0.25) is 0 Å². The molecule has 0 N–H and O–H groups in total. The van der Waals surface area contributed by atoms with Crippen LogP contribution in [0.4, 0.5) is 0 Å². The summed E-state index contributed by atoms with van der Waals surface area (Å²) in [4.78, 5) is 0. The van der Waals surface area contributed by atoms with Crippen molar-refractivity contribution < 1.29 is 9.47 Å². The predicted molar refractivity (Wildman–Crippen MR) is 70.0 cm³/mol. The molecule has 0 saturated heterocycles. The Morgan fingerprint density at radius 1 is 0.933 bits per heavy atom. The minimum Gasteiger partial charge on any atom is -0.351 e. The molecule has 4 heteroatoms. The molecule has 0 aliphatic heterocycles. The third kappa shape index (κ3) is 5.29. The van der Waals surface area contributed by atoms with Crippen LogP contribution < -0.4 is 0 Å². The Kier molecular flexibility index (Phi) is 7.78. The van der Waals surface area contributed by atoms with Crippen molar-refractivity contribution in [3.05, 3.63) is 0 Å². The Bertz CT molecular complexity index is 203. The van der Waals surface area contributed by atoms with Crippen molar-refractivity contribution in [2.24, 2.45) is 0 Å². The highest BCUT2D eigenvalue weighted by atomic mass is 28.9. The molecule has 15 heavy (non-hydrogen) atoms. The molecule has 0 amide bonds. The molecule has 0 heterocycles. The third-order valence-electron chi connectivity index (χ3n) is 2.59. The Morgan fingerprint density at radius 2 is 1.33 bits per heavy atom. The van der Waals surface area contributed by atoms with Gasteiger partial charge in [0.15, 0.2) is 5.41 Å². The van der Waals surface area contributed by atoms with Gasteiger partial charge in [0.1, 0.15) is 0 Å². The highest BCUT2D eigenvalue weighted by Gasteiger charge is 2.28. The quantitative estimate of drug-likeness (QED) is 0.508. The van der Waals surface area contributed by atoms with E-state index in [4.69, 9.17) is 9.47 Å². The van der Waals surface area contributed by atoms with Crippen molar-refractivity contribution in [3.63, 3.8) is 0 Å². The molecule has 0 aromatic heterocycles. The van der Waals surface area contributed by atoms with Gasteiger partial charge in [0.05, 0.1) is 7.89 Å². The first kappa shape index (κ1) is 15.4. The van der Waals surface area contributed by atoms with Crippen molar-refractivity contribution in [2.75, 3.05) is 13.2 Å². The summed E-state index contributed by atoms with van der Waals surface area (Å²) in [6.45, 7) is 15.1. The molecule has 0 radical (unpaired) electrons. The second kappa shape index (κ2) is 7.60. The Hall–Kier alpha value is 0.354. The molecule has 2 nitrogen and oxygen atoms in total. The van der Waals surface area contributed by atoms with Crippen LogP contribution in [-0.4, -0.2) is 34.4 Å². The van der Waals surface area contributed by atoms with E-state index >= 15 is 0 Å². The fourth-order valence-electron chi connectivity index (χ4n) is 1.31. The van der Waals surface area contributed by atoms with Gasteiger partial charge in [0, 0.05) is 13.2 Å². The molecule has 0 bridgehead atoms. The molecular formula is C11H26O2Si2. The lowest BCUT2D eigenvalue weighted by molar-refractivity contribution is -0.169. The molecule has 0 spiro atoms. The van der Waals surface area contributed by atoms with E-state index in [1.807, 2.05) is 0 Å². The van der Waals surface area contributed by atoms with Gasteiger partial charge in [-0.25, -0.2) is 0 Å². The largest absolute Gasteiger partial charge is 0.351 e. The van der Waals surface area contributed by atoms with Crippen molar-refractivity contribution in [1.29, 1.82) is 0 Å². The van der Waals surface area contributed by atoms with Crippen molar-refractivity contribution in [3.8, 4) is 0 Å². The number of ether oxygens (including phenoxy) is 2. The Morgan fingerprint density at radius 3 is 1.60 bits per heavy atom. The van der Waals surface area contributed by atoms with Crippen LogP contribution in [0.5, 0.6) is 0 Å². The molecule has 0 atom stereocenters. The van der Waals surface area contributed by atoms with Crippen LogP contribution >= 0.6 is 0 Å². The zero-order valence-corrected chi connectivity index (χ0v) is 13.1. The van der Waals surface area contributed by atoms with Crippen LogP contribution in [0, 0.1) is 0 Å². The molecule has 0 fully saturated rings. The minimum atomic E-state index is -0.531. The Labute approximate surface area is 97.5 Å². The SMILES string of the molecule is CCCOC(C)(OCCC)[Si](C)=[Si](C)C. The maximum absolute atomic E-state index is 5.95. The van der Waals surface area contributed by atoms with Crippen LogP contribution in [0.3, 0.4) is 0 Å². The highest BCUT2D eigenvalue weighted by molar-refractivity contribution is 6.95. The highest BCUT2D eigenvalue weighted by Crippen LogP contribution is 2.15. The summed E-state index contributed by atoms with van der Waals surface area (Å²) in [6, 6.07) is 0. The Balaban J connectivity index is 4.61. The summed E-state index contributed by atoms with van der Waals surface area (Å²) >= 11 is 0. The predicted octanol–water partition coefficient (Wildman–Crippen LogP) is 3.05.